The predicted octanol–water partition coefficient (Wildman–Crippen LogP) is 2.85. The average Bonchev–Trinajstić information content (AvgIpc) is 2.30. The first-order valence-electron chi connectivity index (χ1n) is 6.14. The molecule has 0 amide bonds. The van der Waals surface area contributed by atoms with Gasteiger partial charge in [-0.1, -0.05) is 6.07 Å². The Balaban J connectivity index is 2.43. The van der Waals surface area contributed by atoms with Gasteiger partial charge in [0.1, 0.15) is 5.75 Å². The molecule has 3 nitrogen and oxygen atoms in total. The molecule has 1 rings (SSSR count). The summed E-state index contributed by atoms with van der Waals surface area (Å²) in [6.07, 6.45) is 0.464. The maximum absolute atomic E-state index is 9.45. The molecule has 3 heteroatoms. The molecule has 0 bridgehead atoms. The molecule has 0 saturated heterocycles. The van der Waals surface area contributed by atoms with E-state index in [-0.39, 0.29) is 0 Å². The van der Waals surface area contributed by atoms with Gasteiger partial charge in [0.2, 0.25) is 0 Å². The van der Waals surface area contributed by atoms with Crippen LogP contribution in [0.3, 0.4) is 0 Å². The summed E-state index contributed by atoms with van der Waals surface area (Å²) in [5.41, 5.74) is 1.98. The van der Waals surface area contributed by atoms with Gasteiger partial charge in [0.25, 0.3) is 0 Å². The molecule has 96 valence electrons. The van der Waals surface area contributed by atoms with E-state index in [0.29, 0.717) is 6.61 Å². The van der Waals surface area contributed by atoms with E-state index >= 15 is 0 Å². The first kappa shape index (κ1) is 14.0. The molecule has 0 aromatic heterocycles. The molecule has 0 fully saturated rings. The fourth-order valence-electron chi connectivity index (χ4n) is 1.58. The standard InChI is InChI=1S/C14H22O3/c1-4-16-8-5-9-17-14-7-6-13(12(3)15)10-11(14)2/h6-7,10,12,15H,4-5,8-9H2,1-3H3. The highest BCUT2D eigenvalue weighted by molar-refractivity contribution is 5.36. The number of rotatable bonds is 7. The Morgan fingerprint density at radius 2 is 2.06 bits per heavy atom. The number of benzene rings is 1. The van der Waals surface area contributed by atoms with Gasteiger partial charge in [-0.3, -0.25) is 0 Å². The van der Waals surface area contributed by atoms with Crippen molar-refractivity contribution in [2.24, 2.45) is 0 Å². The molecule has 0 aliphatic heterocycles. The highest BCUT2D eigenvalue weighted by Gasteiger charge is 2.04. The van der Waals surface area contributed by atoms with Gasteiger partial charge in [-0.2, -0.15) is 0 Å². The van der Waals surface area contributed by atoms with E-state index in [0.717, 1.165) is 36.5 Å². The minimum absolute atomic E-state index is 0.430. The summed E-state index contributed by atoms with van der Waals surface area (Å²) in [7, 11) is 0. The van der Waals surface area contributed by atoms with Crippen molar-refractivity contribution in [2.45, 2.75) is 33.3 Å². The molecule has 1 unspecified atom stereocenters. The lowest BCUT2D eigenvalue weighted by atomic mass is 10.1. The number of ether oxygens (including phenoxy) is 2. The van der Waals surface area contributed by atoms with Crippen LogP contribution in [0.15, 0.2) is 18.2 Å². The van der Waals surface area contributed by atoms with Crippen molar-refractivity contribution in [3.8, 4) is 5.75 Å². The molecule has 0 spiro atoms. The average molecular weight is 238 g/mol. The summed E-state index contributed by atoms with van der Waals surface area (Å²) in [6.45, 7) is 7.89. The van der Waals surface area contributed by atoms with E-state index < -0.39 is 6.10 Å². The van der Waals surface area contributed by atoms with Gasteiger partial charge in [-0.25, -0.2) is 0 Å². The van der Waals surface area contributed by atoms with Crippen LogP contribution < -0.4 is 4.74 Å². The van der Waals surface area contributed by atoms with E-state index in [2.05, 4.69) is 0 Å². The summed E-state index contributed by atoms with van der Waals surface area (Å²) < 4.78 is 10.9. The van der Waals surface area contributed by atoms with Crippen molar-refractivity contribution in [2.75, 3.05) is 19.8 Å². The monoisotopic (exact) mass is 238 g/mol. The molecule has 17 heavy (non-hydrogen) atoms. The van der Waals surface area contributed by atoms with E-state index in [1.807, 2.05) is 32.0 Å². The van der Waals surface area contributed by atoms with Crippen LogP contribution in [0.4, 0.5) is 0 Å². The van der Waals surface area contributed by atoms with Crippen molar-refractivity contribution < 1.29 is 14.6 Å². The van der Waals surface area contributed by atoms with Crippen molar-refractivity contribution in [3.05, 3.63) is 29.3 Å². The smallest absolute Gasteiger partial charge is 0.122 e. The zero-order chi connectivity index (χ0) is 12.7. The Kier molecular flexibility index (Phi) is 6.01. The highest BCUT2D eigenvalue weighted by Crippen LogP contribution is 2.22. The molecule has 0 saturated carbocycles. The van der Waals surface area contributed by atoms with Crippen LogP contribution in [0.1, 0.15) is 37.5 Å². The zero-order valence-corrected chi connectivity index (χ0v) is 10.9. The first-order chi connectivity index (χ1) is 8.15. The number of aliphatic hydroxyl groups is 1. The molecule has 0 radical (unpaired) electrons. The van der Waals surface area contributed by atoms with Crippen LogP contribution in [0.5, 0.6) is 5.75 Å². The van der Waals surface area contributed by atoms with Crippen LogP contribution >= 0.6 is 0 Å². The van der Waals surface area contributed by atoms with E-state index in [4.69, 9.17) is 9.47 Å². The van der Waals surface area contributed by atoms with Gasteiger partial charge < -0.3 is 14.6 Å². The fourth-order valence-corrected chi connectivity index (χ4v) is 1.58. The molecule has 1 aromatic carbocycles. The molecule has 1 N–H and O–H groups in total. The molecular formula is C14H22O3. The van der Waals surface area contributed by atoms with Crippen molar-refractivity contribution in [1.29, 1.82) is 0 Å². The van der Waals surface area contributed by atoms with Crippen LogP contribution in [-0.2, 0) is 4.74 Å². The Bertz CT molecular complexity index is 334. The van der Waals surface area contributed by atoms with E-state index in [9.17, 15) is 5.11 Å². The second-order valence-electron chi connectivity index (χ2n) is 4.10. The van der Waals surface area contributed by atoms with Gasteiger partial charge in [0, 0.05) is 19.6 Å². The summed E-state index contributed by atoms with van der Waals surface area (Å²) >= 11 is 0. The minimum Gasteiger partial charge on any atom is -0.493 e. The van der Waals surface area contributed by atoms with Crippen molar-refractivity contribution >= 4 is 0 Å². The molecule has 0 heterocycles. The van der Waals surface area contributed by atoms with Gasteiger partial charge in [-0.15, -0.1) is 0 Å². The third-order valence-electron chi connectivity index (χ3n) is 2.58. The maximum Gasteiger partial charge on any atom is 0.122 e. The van der Waals surface area contributed by atoms with E-state index in [1.54, 1.807) is 6.92 Å². The van der Waals surface area contributed by atoms with Gasteiger partial charge in [0.15, 0.2) is 0 Å². The number of hydrogen-bond acceptors (Lipinski definition) is 3. The zero-order valence-electron chi connectivity index (χ0n) is 10.9. The van der Waals surface area contributed by atoms with E-state index in [1.165, 1.54) is 0 Å². The van der Waals surface area contributed by atoms with Gasteiger partial charge in [0.05, 0.1) is 12.7 Å². The van der Waals surface area contributed by atoms with Crippen LogP contribution in [-0.4, -0.2) is 24.9 Å². The summed E-state index contributed by atoms with van der Waals surface area (Å²) in [4.78, 5) is 0. The normalized spacial score (nSPS) is 12.5. The number of hydrogen-bond donors (Lipinski definition) is 1. The number of aryl methyl sites for hydroxylation is 1. The summed E-state index contributed by atoms with van der Waals surface area (Å²) in [5.74, 6) is 0.880. The molecule has 1 aromatic rings. The lowest BCUT2D eigenvalue weighted by molar-refractivity contribution is 0.130. The molecule has 0 aliphatic rings. The summed E-state index contributed by atoms with van der Waals surface area (Å²) in [6, 6.07) is 5.77. The third-order valence-corrected chi connectivity index (χ3v) is 2.58. The maximum atomic E-state index is 9.45. The van der Waals surface area contributed by atoms with Crippen molar-refractivity contribution in [3.63, 3.8) is 0 Å². The lowest BCUT2D eigenvalue weighted by Gasteiger charge is -2.11. The van der Waals surface area contributed by atoms with Crippen LogP contribution in [0.25, 0.3) is 0 Å². The SMILES string of the molecule is CCOCCCOc1ccc(C(C)O)cc1C. The number of aliphatic hydroxyl groups excluding tert-OH is 1. The fraction of sp³-hybridized carbons (Fsp3) is 0.571. The lowest BCUT2D eigenvalue weighted by Crippen LogP contribution is -2.04. The third kappa shape index (κ3) is 4.75. The molecule has 1 atom stereocenters. The van der Waals surface area contributed by atoms with Crippen LogP contribution in [0, 0.1) is 6.92 Å². The first-order valence-corrected chi connectivity index (χ1v) is 6.14. The Hall–Kier alpha value is -1.06. The second kappa shape index (κ2) is 7.30. The Labute approximate surface area is 103 Å². The second-order valence-corrected chi connectivity index (χ2v) is 4.10. The predicted molar refractivity (Wildman–Crippen MR) is 68.4 cm³/mol. The topological polar surface area (TPSA) is 38.7 Å². The minimum atomic E-state index is -0.430. The van der Waals surface area contributed by atoms with Gasteiger partial charge in [-0.05, 0) is 44.0 Å². The van der Waals surface area contributed by atoms with Gasteiger partial charge >= 0.3 is 0 Å². The Morgan fingerprint density at radius 1 is 1.29 bits per heavy atom. The highest BCUT2D eigenvalue weighted by atomic mass is 16.5. The van der Waals surface area contributed by atoms with Crippen molar-refractivity contribution in [1.82, 2.24) is 0 Å². The quantitative estimate of drug-likeness (QED) is 0.742. The largest absolute Gasteiger partial charge is 0.493 e. The molecular weight excluding hydrogens is 216 g/mol. The molecule has 0 aliphatic carbocycles. The van der Waals surface area contributed by atoms with Crippen LogP contribution in [0.2, 0.25) is 0 Å². The summed E-state index contributed by atoms with van der Waals surface area (Å²) in [5, 5.41) is 9.45. The Morgan fingerprint density at radius 3 is 2.65 bits per heavy atom.